The lowest BCUT2D eigenvalue weighted by Gasteiger charge is -2.11. The highest BCUT2D eigenvalue weighted by molar-refractivity contribution is 5.66. The second-order valence-electron chi connectivity index (χ2n) is 4.93. The molecule has 2 nitrogen and oxygen atoms in total. The molecule has 1 aromatic heterocycles. The first kappa shape index (κ1) is 10.6. The maximum atomic E-state index is 3.58. The van der Waals surface area contributed by atoms with Crippen LogP contribution in [0.2, 0.25) is 0 Å². The van der Waals surface area contributed by atoms with Gasteiger partial charge in [-0.1, -0.05) is 17.7 Å². The molecule has 0 saturated carbocycles. The standard InChI is InChI=1S/C15H18N2/c1-10-3-4-11(2)13(7-10)15-8-12-9-16-6-5-14(12)17-15/h3-4,7-8,16-17H,5-6,9H2,1-2H3. The van der Waals surface area contributed by atoms with Crippen LogP contribution in [-0.2, 0) is 13.0 Å². The second kappa shape index (κ2) is 4.04. The third kappa shape index (κ3) is 1.89. The quantitative estimate of drug-likeness (QED) is 0.768. The van der Waals surface area contributed by atoms with Crippen LogP contribution < -0.4 is 5.32 Å². The summed E-state index contributed by atoms with van der Waals surface area (Å²) >= 11 is 0. The average Bonchev–Trinajstić information content (AvgIpc) is 2.75. The van der Waals surface area contributed by atoms with Gasteiger partial charge in [0.15, 0.2) is 0 Å². The van der Waals surface area contributed by atoms with Crippen LogP contribution in [-0.4, -0.2) is 11.5 Å². The lowest BCUT2D eigenvalue weighted by Crippen LogP contribution is -2.22. The van der Waals surface area contributed by atoms with Gasteiger partial charge in [-0.15, -0.1) is 0 Å². The summed E-state index contributed by atoms with van der Waals surface area (Å²) < 4.78 is 0. The Labute approximate surface area is 102 Å². The van der Waals surface area contributed by atoms with Gasteiger partial charge in [0.1, 0.15) is 0 Å². The number of fused-ring (bicyclic) bond motifs is 1. The van der Waals surface area contributed by atoms with Crippen LogP contribution in [0.3, 0.4) is 0 Å². The van der Waals surface area contributed by atoms with E-state index in [1.165, 1.54) is 33.6 Å². The number of hydrogen-bond donors (Lipinski definition) is 2. The van der Waals surface area contributed by atoms with Crippen molar-refractivity contribution in [2.24, 2.45) is 0 Å². The molecular weight excluding hydrogens is 208 g/mol. The van der Waals surface area contributed by atoms with Gasteiger partial charge >= 0.3 is 0 Å². The van der Waals surface area contributed by atoms with Crippen molar-refractivity contribution in [2.45, 2.75) is 26.8 Å². The van der Waals surface area contributed by atoms with Crippen LogP contribution in [0.1, 0.15) is 22.4 Å². The molecule has 2 N–H and O–H groups in total. The van der Waals surface area contributed by atoms with Gasteiger partial charge in [0.25, 0.3) is 0 Å². The summed E-state index contributed by atoms with van der Waals surface area (Å²) in [6.45, 7) is 6.40. The molecule has 0 saturated heterocycles. The maximum absolute atomic E-state index is 3.58. The van der Waals surface area contributed by atoms with Gasteiger partial charge in [-0.25, -0.2) is 0 Å². The fraction of sp³-hybridized carbons (Fsp3) is 0.333. The molecule has 1 aliphatic heterocycles. The van der Waals surface area contributed by atoms with Crippen molar-refractivity contribution in [2.75, 3.05) is 6.54 Å². The van der Waals surface area contributed by atoms with Gasteiger partial charge in [0.05, 0.1) is 0 Å². The number of benzene rings is 1. The summed E-state index contributed by atoms with van der Waals surface area (Å²) in [6, 6.07) is 8.93. The molecule has 0 fully saturated rings. The highest BCUT2D eigenvalue weighted by Gasteiger charge is 2.13. The lowest BCUT2D eigenvalue weighted by molar-refractivity contribution is 0.638. The van der Waals surface area contributed by atoms with Crippen LogP contribution in [0.4, 0.5) is 0 Å². The molecule has 1 aliphatic rings. The molecule has 0 spiro atoms. The number of aromatic amines is 1. The SMILES string of the molecule is Cc1ccc(C)c(-c2cc3c([nH]2)CCNC3)c1. The highest BCUT2D eigenvalue weighted by Crippen LogP contribution is 2.27. The van der Waals surface area contributed by atoms with Crippen molar-refractivity contribution in [1.82, 2.24) is 10.3 Å². The monoisotopic (exact) mass is 226 g/mol. The molecule has 17 heavy (non-hydrogen) atoms. The molecular formula is C15H18N2. The summed E-state index contributed by atoms with van der Waals surface area (Å²) in [5.74, 6) is 0. The predicted octanol–water partition coefficient (Wildman–Crippen LogP) is 2.94. The van der Waals surface area contributed by atoms with Gasteiger partial charge in [-0.05, 0) is 37.1 Å². The van der Waals surface area contributed by atoms with Gasteiger partial charge in [0.2, 0.25) is 0 Å². The van der Waals surface area contributed by atoms with Crippen molar-refractivity contribution in [3.63, 3.8) is 0 Å². The Balaban J connectivity index is 2.08. The Bertz CT molecular complexity index is 529. The van der Waals surface area contributed by atoms with E-state index in [1.54, 1.807) is 0 Å². The van der Waals surface area contributed by atoms with E-state index in [1.807, 2.05) is 0 Å². The van der Waals surface area contributed by atoms with Gasteiger partial charge in [-0.3, -0.25) is 0 Å². The van der Waals surface area contributed by atoms with Gasteiger partial charge < -0.3 is 10.3 Å². The first-order valence-corrected chi connectivity index (χ1v) is 6.23. The van der Waals surface area contributed by atoms with Crippen LogP contribution in [0, 0.1) is 13.8 Å². The van der Waals surface area contributed by atoms with Crippen LogP contribution in [0.15, 0.2) is 24.3 Å². The zero-order valence-electron chi connectivity index (χ0n) is 10.4. The molecule has 1 aromatic carbocycles. The van der Waals surface area contributed by atoms with E-state index >= 15 is 0 Å². The number of hydrogen-bond acceptors (Lipinski definition) is 1. The first-order chi connectivity index (χ1) is 8.24. The largest absolute Gasteiger partial charge is 0.358 e. The fourth-order valence-electron chi connectivity index (χ4n) is 2.53. The van der Waals surface area contributed by atoms with Crippen molar-refractivity contribution in [1.29, 1.82) is 0 Å². The molecule has 2 aromatic rings. The third-order valence-electron chi connectivity index (χ3n) is 3.54. The predicted molar refractivity (Wildman–Crippen MR) is 71.1 cm³/mol. The highest BCUT2D eigenvalue weighted by atomic mass is 14.9. The third-order valence-corrected chi connectivity index (χ3v) is 3.54. The summed E-state index contributed by atoms with van der Waals surface area (Å²) in [5.41, 5.74) is 8.07. The first-order valence-electron chi connectivity index (χ1n) is 6.23. The Morgan fingerprint density at radius 2 is 2.00 bits per heavy atom. The van der Waals surface area contributed by atoms with E-state index in [4.69, 9.17) is 0 Å². The molecule has 2 heterocycles. The number of aryl methyl sites for hydroxylation is 2. The molecule has 88 valence electrons. The summed E-state index contributed by atoms with van der Waals surface area (Å²) in [7, 11) is 0. The zero-order chi connectivity index (χ0) is 11.8. The molecule has 2 heteroatoms. The maximum Gasteiger partial charge on any atom is 0.0462 e. The van der Waals surface area contributed by atoms with Crippen molar-refractivity contribution in [3.05, 3.63) is 46.6 Å². The molecule has 0 bridgehead atoms. The van der Waals surface area contributed by atoms with E-state index in [9.17, 15) is 0 Å². The van der Waals surface area contributed by atoms with E-state index < -0.39 is 0 Å². The van der Waals surface area contributed by atoms with E-state index in [-0.39, 0.29) is 0 Å². The molecule has 0 amide bonds. The van der Waals surface area contributed by atoms with Crippen LogP contribution in [0.25, 0.3) is 11.3 Å². The fourth-order valence-corrected chi connectivity index (χ4v) is 2.53. The van der Waals surface area contributed by atoms with E-state index in [0.29, 0.717) is 0 Å². The minimum absolute atomic E-state index is 0.997. The number of rotatable bonds is 1. The van der Waals surface area contributed by atoms with Crippen LogP contribution >= 0.6 is 0 Å². The van der Waals surface area contributed by atoms with Crippen molar-refractivity contribution < 1.29 is 0 Å². The minimum Gasteiger partial charge on any atom is -0.358 e. The number of H-pyrrole nitrogens is 1. The zero-order valence-corrected chi connectivity index (χ0v) is 10.4. The number of nitrogens with one attached hydrogen (secondary N) is 2. The Morgan fingerprint density at radius 1 is 1.12 bits per heavy atom. The molecule has 0 aliphatic carbocycles. The Kier molecular flexibility index (Phi) is 2.52. The number of aromatic nitrogens is 1. The topological polar surface area (TPSA) is 27.8 Å². The van der Waals surface area contributed by atoms with Gasteiger partial charge in [-0.2, -0.15) is 0 Å². The van der Waals surface area contributed by atoms with Crippen molar-refractivity contribution in [3.8, 4) is 11.3 Å². The van der Waals surface area contributed by atoms with Crippen LogP contribution in [0.5, 0.6) is 0 Å². The van der Waals surface area contributed by atoms with E-state index in [2.05, 4.69) is 48.4 Å². The average molecular weight is 226 g/mol. The summed E-state index contributed by atoms with van der Waals surface area (Å²) in [4.78, 5) is 3.58. The minimum atomic E-state index is 0.997. The van der Waals surface area contributed by atoms with Crippen molar-refractivity contribution >= 4 is 0 Å². The summed E-state index contributed by atoms with van der Waals surface area (Å²) in [5, 5.41) is 3.41. The van der Waals surface area contributed by atoms with E-state index in [0.717, 1.165) is 19.5 Å². The Hall–Kier alpha value is -1.54. The summed E-state index contributed by atoms with van der Waals surface area (Å²) in [6.07, 6.45) is 1.11. The normalized spacial score (nSPS) is 14.7. The second-order valence-corrected chi connectivity index (χ2v) is 4.93. The molecule has 3 rings (SSSR count). The molecule has 0 unspecified atom stereocenters. The molecule has 0 atom stereocenters. The van der Waals surface area contributed by atoms with Gasteiger partial charge in [0, 0.05) is 36.5 Å². The lowest BCUT2D eigenvalue weighted by atomic mass is 10.0. The molecule has 0 radical (unpaired) electrons. The Morgan fingerprint density at radius 3 is 2.82 bits per heavy atom. The smallest absolute Gasteiger partial charge is 0.0462 e.